The number of nitrogens with zero attached hydrogens (tertiary/aromatic N) is 6. The molecule has 4 aliphatic heterocycles. The number of imide groups is 1. The minimum absolute atomic E-state index is 0.0292. The number of urea groups is 1. The molecule has 4 amide bonds. The number of amides is 4. The summed E-state index contributed by atoms with van der Waals surface area (Å²) in [5.74, 6) is 3.03. The second-order valence-corrected chi connectivity index (χ2v) is 19.6. The first-order valence-electron chi connectivity index (χ1n) is 25.4. The lowest BCUT2D eigenvalue weighted by atomic mass is 9.64. The van der Waals surface area contributed by atoms with Gasteiger partial charge in [-0.05, 0) is 95.8 Å². The number of cyclic esters (lactones) is 1. The van der Waals surface area contributed by atoms with Gasteiger partial charge in [-0.3, -0.25) is 19.3 Å². The average Bonchev–Trinajstić information content (AvgIpc) is 3.92. The summed E-state index contributed by atoms with van der Waals surface area (Å²) in [4.78, 5) is 93.1. The van der Waals surface area contributed by atoms with Gasteiger partial charge < -0.3 is 34.4 Å². The summed E-state index contributed by atoms with van der Waals surface area (Å²) in [7, 11) is 1.23. The van der Waals surface area contributed by atoms with Crippen LogP contribution in [-0.4, -0.2) is 113 Å². The number of benzene rings is 4. The lowest BCUT2D eigenvalue weighted by Crippen LogP contribution is -2.60. The number of hydrogen-bond donors (Lipinski definition) is 2. The van der Waals surface area contributed by atoms with Gasteiger partial charge in [0.05, 0.1) is 37.4 Å². The van der Waals surface area contributed by atoms with E-state index in [1.54, 1.807) is 67.5 Å². The number of methoxy groups -OCH3 is 1. The first-order chi connectivity index (χ1) is 36.0. The Kier molecular flexibility index (Phi) is 14.3. The van der Waals surface area contributed by atoms with Crippen molar-refractivity contribution < 1.29 is 43.3 Å². The van der Waals surface area contributed by atoms with Crippen molar-refractivity contribution in [3.05, 3.63) is 161 Å². The Balaban J connectivity index is 1.24. The topological polar surface area (TPSA) is 184 Å². The number of hydrogen-bond acceptors (Lipinski definition) is 13. The van der Waals surface area contributed by atoms with Crippen molar-refractivity contribution >= 4 is 41.4 Å². The van der Waals surface area contributed by atoms with Crippen molar-refractivity contribution in [2.75, 3.05) is 56.3 Å². The number of rotatable bonds is 11. The third-order valence-electron chi connectivity index (χ3n) is 15.0. The van der Waals surface area contributed by atoms with Gasteiger partial charge in [0.15, 0.2) is 0 Å². The first kappa shape index (κ1) is 49.7. The number of anilines is 2. The van der Waals surface area contributed by atoms with E-state index in [0.717, 1.165) is 41.7 Å². The number of fused-ring (bicyclic) bond motifs is 3. The Morgan fingerprint density at radius 3 is 2.19 bits per heavy atom. The molecule has 5 heterocycles. The van der Waals surface area contributed by atoms with E-state index >= 15 is 19.2 Å². The lowest BCUT2D eigenvalue weighted by molar-refractivity contribution is -0.179. The number of esters is 2. The summed E-state index contributed by atoms with van der Waals surface area (Å²) in [6.45, 7) is 4.42. The lowest BCUT2D eigenvalue weighted by Gasteiger charge is -2.46. The molecule has 380 valence electrons. The van der Waals surface area contributed by atoms with Crippen molar-refractivity contribution in [3.8, 4) is 17.6 Å². The molecule has 5 aliphatic rings. The molecule has 3 saturated heterocycles. The number of carbonyl (C=O) groups excluding carboxylic acids is 5. The fraction of sp³-hybridized carbons (Fsp3) is 0.362. The highest BCUT2D eigenvalue weighted by Crippen LogP contribution is 2.66. The van der Waals surface area contributed by atoms with Crippen molar-refractivity contribution in [3.63, 3.8) is 0 Å². The van der Waals surface area contributed by atoms with Crippen LogP contribution in [0.25, 0.3) is 0 Å². The van der Waals surface area contributed by atoms with Crippen LogP contribution in [0, 0.1) is 23.7 Å². The molecule has 10 rings (SSSR count). The number of aromatic nitrogens is 2. The maximum absolute atomic E-state index is 16.9. The minimum atomic E-state index is -2.06. The van der Waals surface area contributed by atoms with E-state index in [-0.39, 0.29) is 32.0 Å². The van der Waals surface area contributed by atoms with E-state index in [9.17, 15) is 9.90 Å². The maximum Gasteiger partial charge on any atom is 0.329 e. The van der Waals surface area contributed by atoms with Crippen molar-refractivity contribution in [2.24, 2.45) is 11.8 Å². The summed E-state index contributed by atoms with van der Waals surface area (Å²) in [6.07, 6.45) is 8.37. The van der Waals surface area contributed by atoms with Crippen LogP contribution >= 0.6 is 0 Å². The van der Waals surface area contributed by atoms with Crippen LogP contribution in [0.4, 0.5) is 16.4 Å². The standard InChI is InChI=1S/C58H59N7O9/c1-37(2)47(53(68)72-3)61-57(71)64-45-27-22-39(21-20-38-14-7-4-8-15-38)36-44(45)58(55(64)70)46(52(67)62-30-32-63(33-31-62)56-59-28-13-29-60-56)49-54(69)74-50(41-18-11-6-12-19-41)48(40-16-9-5-10-17-40)65(49)51(58)42-23-25-43(26-24-42)73-35-34-66/h5-6,9-14,16-19,22-29,36-37,46-51,66H,4,7-8,15,30-35H2,1-3H3,(H,61,71). The van der Waals surface area contributed by atoms with E-state index in [1.807, 2.05) is 82.6 Å². The quantitative estimate of drug-likeness (QED) is 0.106. The van der Waals surface area contributed by atoms with Gasteiger partial charge >= 0.3 is 18.0 Å². The van der Waals surface area contributed by atoms with Crippen LogP contribution in [0.3, 0.4) is 0 Å². The summed E-state index contributed by atoms with van der Waals surface area (Å²) in [5.41, 5.74) is 1.94. The van der Waals surface area contributed by atoms with Crippen molar-refractivity contribution in [1.29, 1.82) is 0 Å². The summed E-state index contributed by atoms with van der Waals surface area (Å²) < 4.78 is 17.7. The first-order valence-corrected chi connectivity index (χ1v) is 25.4. The van der Waals surface area contributed by atoms with E-state index in [4.69, 9.17) is 14.2 Å². The van der Waals surface area contributed by atoms with Gasteiger partial charge in [0.2, 0.25) is 17.8 Å². The van der Waals surface area contributed by atoms with Crippen molar-refractivity contribution in [1.82, 2.24) is 25.1 Å². The Morgan fingerprint density at radius 2 is 1.54 bits per heavy atom. The molecule has 74 heavy (non-hydrogen) atoms. The minimum Gasteiger partial charge on any atom is -0.491 e. The Bertz CT molecular complexity index is 2990. The van der Waals surface area contributed by atoms with Crippen LogP contribution in [0.5, 0.6) is 5.75 Å². The molecular weight excluding hydrogens is 939 g/mol. The predicted octanol–water partition coefficient (Wildman–Crippen LogP) is 6.62. The number of aliphatic hydroxyl groups is 1. The molecule has 4 aromatic carbocycles. The average molecular weight is 998 g/mol. The van der Waals surface area contributed by atoms with Gasteiger partial charge in [-0.2, -0.15) is 0 Å². The second-order valence-electron chi connectivity index (χ2n) is 19.6. The molecule has 16 nitrogen and oxygen atoms in total. The SMILES string of the molecule is COC(=O)C(NC(=O)N1C(=O)C2(c3cc(C#CC4=CCCCC4)ccc31)C(C(=O)N1CCN(c3ncccn3)CC1)C1C(=O)OC(c3ccccc3)C(c3ccccc3)N1C2c1ccc(OCCO)cc1)C(C)C. The predicted molar refractivity (Wildman–Crippen MR) is 274 cm³/mol. The Morgan fingerprint density at radius 1 is 0.838 bits per heavy atom. The molecular formula is C58H59N7O9. The molecule has 0 saturated carbocycles. The highest BCUT2D eigenvalue weighted by Gasteiger charge is 2.76. The monoisotopic (exact) mass is 997 g/mol. The zero-order valence-electron chi connectivity index (χ0n) is 41.6. The number of carbonyl (C=O) groups is 5. The highest BCUT2D eigenvalue weighted by molar-refractivity contribution is 6.25. The fourth-order valence-electron chi connectivity index (χ4n) is 11.6. The normalized spacial score (nSPS) is 23.8. The zero-order valence-corrected chi connectivity index (χ0v) is 41.6. The Labute approximate surface area is 430 Å². The molecule has 16 heteroatoms. The smallest absolute Gasteiger partial charge is 0.329 e. The second kappa shape index (κ2) is 21.3. The molecule has 0 bridgehead atoms. The summed E-state index contributed by atoms with van der Waals surface area (Å²) >= 11 is 0. The van der Waals surface area contributed by atoms with Gasteiger partial charge in [0.1, 0.15) is 36.0 Å². The fourth-order valence-corrected chi connectivity index (χ4v) is 11.6. The number of morpholine rings is 1. The molecule has 7 unspecified atom stereocenters. The van der Waals surface area contributed by atoms with Crippen LogP contribution in [-0.2, 0) is 34.1 Å². The van der Waals surface area contributed by atoms with Crippen LogP contribution in [0.15, 0.2) is 133 Å². The van der Waals surface area contributed by atoms with Crippen LogP contribution < -0.4 is 19.9 Å². The molecule has 5 aromatic rings. The largest absolute Gasteiger partial charge is 0.491 e. The van der Waals surface area contributed by atoms with E-state index < -0.39 is 77.3 Å². The number of ether oxygens (including phenoxy) is 3. The third-order valence-corrected chi connectivity index (χ3v) is 15.0. The molecule has 1 spiro atoms. The van der Waals surface area contributed by atoms with Crippen LogP contribution in [0.2, 0.25) is 0 Å². The maximum atomic E-state index is 16.9. The van der Waals surface area contributed by atoms with Crippen molar-refractivity contribution in [2.45, 2.75) is 75.2 Å². The molecule has 1 aromatic heterocycles. The number of aliphatic hydroxyl groups excluding tert-OH is 1. The highest BCUT2D eigenvalue weighted by atomic mass is 16.6. The van der Waals surface area contributed by atoms with Gasteiger partial charge in [-0.25, -0.2) is 24.5 Å². The number of nitrogens with one attached hydrogen (secondary N) is 1. The van der Waals surface area contributed by atoms with Gasteiger partial charge in [-0.15, -0.1) is 0 Å². The van der Waals surface area contributed by atoms with E-state index in [0.29, 0.717) is 47.0 Å². The molecule has 3 fully saturated rings. The molecule has 2 N–H and O–H groups in total. The number of piperazine rings is 1. The molecule has 0 radical (unpaired) electrons. The zero-order chi connectivity index (χ0) is 51.5. The van der Waals surface area contributed by atoms with Gasteiger partial charge in [0.25, 0.3) is 0 Å². The Hall–Kier alpha value is -7.87. The summed E-state index contributed by atoms with van der Waals surface area (Å²) in [6, 6.07) is 27.6. The van der Waals surface area contributed by atoms with Gasteiger partial charge in [0, 0.05) is 44.1 Å². The molecule has 7 atom stereocenters. The number of allylic oxidation sites excluding steroid dienone is 2. The van der Waals surface area contributed by atoms with E-state index in [2.05, 4.69) is 33.2 Å². The van der Waals surface area contributed by atoms with E-state index in [1.165, 1.54) is 7.11 Å². The van der Waals surface area contributed by atoms with Crippen LogP contribution in [0.1, 0.15) is 85.5 Å². The molecule has 1 aliphatic carbocycles. The third kappa shape index (κ3) is 9.04. The summed E-state index contributed by atoms with van der Waals surface area (Å²) in [5, 5.41) is 12.5. The van der Waals surface area contributed by atoms with Gasteiger partial charge in [-0.1, -0.05) is 105 Å².